The molecule has 0 fully saturated rings. The second kappa shape index (κ2) is 17.6. The maximum atomic E-state index is 12.5. The quantitative estimate of drug-likeness (QED) is 0.157. The molecular formula is C63H63N3O. The molecule has 1 N–H and O–H groups in total. The Labute approximate surface area is 405 Å². The second-order valence-corrected chi connectivity index (χ2v) is 20.6. The summed E-state index contributed by atoms with van der Waals surface area (Å²) in [6.45, 7) is 24.0. The normalized spacial score (nSPS) is 13.2. The predicted molar refractivity (Wildman–Crippen MR) is 283 cm³/mol. The van der Waals surface area contributed by atoms with E-state index >= 15 is 0 Å². The number of aromatic hydroxyl groups is 1. The minimum atomic E-state index is -0.432. The molecule has 4 heteroatoms. The molecule has 0 atom stereocenters. The van der Waals surface area contributed by atoms with Gasteiger partial charge >= 0.3 is 0 Å². The molecule has 0 amide bonds. The van der Waals surface area contributed by atoms with E-state index in [9.17, 15) is 5.11 Å². The minimum Gasteiger partial charge on any atom is -0.507 e. The monoisotopic (exact) mass is 883 g/mol. The van der Waals surface area contributed by atoms with Crippen LogP contribution in [0.25, 0.3) is 83.9 Å². The number of hydrogen-bond donors (Lipinski definition) is 1. The van der Waals surface area contributed by atoms with Crippen LogP contribution >= 0.6 is 0 Å². The van der Waals surface area contributed by atoms with Crippen molar-refractivity contribution in [2.24, 2.45) is 0 Å². The fraction of sp³-hybridized carbons (Fsp3) is 0.238. The molecule has 0 spiro atoms. The number of nitrogens with zero attached hydrogens (tertiary/aromatic N) is 3. The van der Waals surface area contributed by atoms with Crippen molar-refractivity contribution in [1.29, 1.82) is 0 Å². The van der Waals surface area contributed by atoms with Gasteiger partial charge in [-0.1, -0.05) is 178 Å². The summed E-state index contributed by atoms with van der Waals surface area (Å²) in [5, 5.41) is 12.5. The van der Waals surface area contributed by atoms with Gasteiger partial charge in [-0.3, -0.25) is 9.55 Å². The van der Waals surface area contributed by atoms with Gasteiger partial charge in [0.1, 0.15) is 11.6 Å². The lowest BCUT2D eigenvalue weighted by Gasteiger charge is -2.22. The van der Waals surface area contributed by atoms with Gasteiger partial charge in [0.2, 0.25) is 0 Å². The molecule has 0 aliphatic rings. The zero-order valence-corrected chi connectivity index (χ0v) is 40.6. The van der Waals surface area contributed by atoms with Crippen LogP contribution in [-0.4, -0.2) is 19.6 Å². The third kappa shape index (κ3) is 8.86. The molecule has 9 rings (SSSR count). The molecule has 0 radical (unpaired) electrons. The van der Waals surface area contributed by atoms with Gasteiger partial charge in [0.25, 0.3) is 0 Å². The number of benzene rings is 7. The van der Waals surface area contributed by atoms with Gasteiger partial charge in [-0.15, -0.1) is 0 Å². The molecule has 0 aliphatic carbocycles. The fourth-order valence-corrected chi connectivity index (χ4v) is 9.07. The molecule has 0 aliphatic heterocycles. The van der Waals surface area contributed by atoms with E-state index in [4.69, 9.17) is 16.8 Å². The summed E-state index contributed by atoms with van der Waals surface area (Å²) in [6.07, 6.45) is 1.63. The molecule has 9 aromatic rings. The Morgan fingerprint density at radius 3 is 1.91 bits per heavy atom. The number of phenolic OH excluding ortho intramolecular Hbond substituents is 1. The Morgan fingerprint density at radius 1 is 0.552 bits per heavy atom. The predicted octanol–water partition coefficient (Wildman–Crippen LogP) is 17.3. The third-order valence-corrected chi connectivity index (χ3v) is 13.1. The summed E-state index contributed by atoms with van der Waals surface area (Å²) < 4.78 is 44.7. The van der Waals surface area contributed by atoms with Crippen LogP contribution in [0.3, 0.4) is 0 Å². The van der Waals surface area contributed by atoms with Crippen LogP contribution < -0.4 is 0 Å². The number of aryl methyl sites for hydroxylation is 1. The van der Waals surface area contributed by atoms with Crippen molar-refractivity contribution in [3.8, 4) is 78.6 Å². The number of imidazole rings is 1. The number of rotatable bonds is 9. The van der Waals surface area contributed by atoms with Gasteiger partial charge in [0.05, 0.1) is 34.8 Å². The van der Waals surface area contributed by atoms with Crippen LogP contribution in [0.4, 0.5) is 0 Å². The number of pyridine rings is 1. The topological polar surface area (TPSA) is 50.9 Å². The van der Waals surface area contributed by atoms with Crippen molar-refractivity contribution >= 4 is 11.0 Å². The minimum absolute atomic E-state index is 0.0333. The van der Waals surface area contributed by atoms with Gasteiger partial charge in [-0.05, 0) is 139 Å². The van der Waals surface area contributed by atoms with Crippen LogP contribution in [0.5, 0.6) is 5.75 Å². The summed E-state index contributed by atoms with van der Waals surface area (Å²) in [4.78, 5) is 10.5. The maximum absolute atomic E-state index is 12.5. The number of phenols is 1. The van der Waals surface area contributed by atoms with Gasteiger partial charge in [0, 0.05) is 22.9 Å². The van der Waals surface area contributed by atoms with Gasteiger partial charge in [0.15, 0.2) is 0 Å². The summed E-state index contributed by atoms with van der Waals surface area (Å²) in [6, 6.07) is 42.7. The summed E-state index contributed by atoms with van der Waals surface area (Å²) >= 11 is 0. The van der Waals surface area contributed by atoms with E-state index in [1.54, 1.807) is 18.3 Å². The highest BCUT2D eigenvalue weighted by Crippen LogP contribution is 2.46. The Hall–Kier alpha value is -7.04. The van der Waals surface area contributed by atoms with Gasteiger partial charge in [-0.25, -0.2) is 4.98 Å². The lowest BCUT2D eigenvalue weighted by Crippen LogP contribution is -2.11. The first kappa shape index (κ1) is 39.2. The zero-order chi connectivity index (χ0) is 51.7. The first-order chi connectivity index (χ1) is 34.0. The van der Waals surface area contributed by atoms with E-state index in [1.165, 1.54) is 5.56 Å². The number of aromatic nitrogens is 3. The highest BCUT2D eigenvalue weighted by atomic mass is 16.3. The van der Waals surface area contributed by atoms with Crippen LogP contribution in [-0.2, 0) is 10.8 Å². The third-order valence-electron chi connectivity index (χ3n) is 13.1. The largest absolute Gasteiger partial charge is 0.507 e. The SMILES string of the molecule is [2H]c1c([2H])c([2H])c(-c2ccnc(-c3cc(-c4cccc5c4nc(-c4cc(C(C)C)cc(C(C)C)c4O)n5-c4cc(C)c(-c5ccccc5)cc4-c4ccc(C(C)(C)C)cc4)cc(C(C)(C)C)c3)c2)c([2H])c1[2H]. The Balaban J connectivity index is 1.36. The zero-order valence-electron chi connectivity index (χ0n) is 45.6. The van der Waals surface area contributed by atoms with E-state index < -0.39 is 6.04 Å². The molecule has 336 valence electrons. The molecule has 0 bridgehead atoms. The molecule has 4 nitrogen and oxygen atoms in total. The standard InChI is InChI=1S/C63H63N3O/c1-39(2)46-35-52(40(3)4)60(67)55(36-46)61-65-59-51(47-32-48(34-50(33-47)63(9,10)11)56-37-45(29-30-64-56)42-19-14-12-15-20-42)23-18-24-57(59)66(61)58-31-41(5)53(43-21-16-13-17-22-43)38-54(58)44-25-27-49(28-26-44)62(6,7)8/h12-40,67H,1-11H3/i12D,14D,15D,19D,20D. The summed E-state index contributed by atoms with van der Waals surface area (Å²) in [5.41, 5.74) is 16.4. The van der Waals surface area contributed by atoms with E-state index in [0.29, 0.717) is 22.6 Å². The first-order valence-electron chi connectivity index (χ1n) is 25.9. The molecule has 0 saturated heterocycles. The number of fused-ring (bicyclic) bond motifs is 1. The smallest absolute Gasteiger partial charge is 0.149 e. The molecule has 7 aromatic carbocycles. The lowest BCUT2D eigenvalue weighted by atomic mass is 9.83. The molecule has 67 heavy (non-hydrogen) atoms. The van der Waals surface area contributed by atoms with Gasteiger partial charge < -0.3 is 5.11 Å². The number of hydrogen-bond acceptors (Lipinski definition) is 3. The highest BCUT2D eigenvalue weighted by Gasteiger charge is 2.27. The molecule has 0 saturated carbocycles. The van der Waals surface area contributed by atoms with Crippen molar-refractivity contribution in [1.82, 2.24) is 14.5 Å². The van der Waals surface area contributed by atoms with Crippen LogP contribution in [0.2, 0.25) is 0 Å². The van der Waals surface area contributed by atoms with Gasteiger partial charge in [-0.2, -0.15) is 0 Å². The van der Waals surface area contributed by atoms with Crippen LogP contribution in [0, 0.1) is 6.92 Å². The van der Waals surface area contributed by atoms with Crippen molar-refractivity contribution in [3.05, 3.63) is 192 Å². The Bertz CT molecular complexity index is 3530. The summed E-state index contributed by atoms with van der Waals surface area (Å²) in [7, 11) is 0. The Kier molecular flexibility index (Phi) is 10.3. The average molecular weight is 883 g/mol. The molecule has 2 aromatic heterocycles. The van der Waals surface area contributed by atoms with Crippen molar-refractivity contribution < 1.29 is 12.0 Å². The summed E-state index contributed by atoms with van der Waals surface area (Å²) in [5.74, 6) is 1.07. The van der Waals surface area contributed by atoms with E-state index in [2.05, 4.69) is 190 Å². The average Bonchev–Trinajstić information content (AvgIpc) is 3.74. The van der Waals surface area contributed by atoms with Crippen molar-refractivity contribution in [2.75, 3.05) is 0 Å². The van der Waals surface area contributed by atoms with E-state index in [-0.39, 0.29) is 58.1 Å². The van der Waals surface area contributed by atoms with E-state index in [1.807, 2.05) is 6.07 Å². The highest BCUT2D eigenvalue weighted by molar-refractivity contribution is 5.98. The first-order valence-corrected chi connectivity index (χ1v) is 23.4. The van der Waals surface area contributed by atoms with Crippen LogP contribution in [0.15, 0.2) is 164 Å². The van der Waals surface area contributed by atoms with Crippen molar-refractivity contribution in [3.63, 3.8) is 0 Å². The number of para-hydroxylation sites is 1. The fourth-order valence-electron chi connectivity index (χ4n) is 9.07. The molecule has 2 heterocycles. The molecule has 0 unspecified atom stereocenters. The lowest BCUT2D eigenvalue weighted by molar-refractivity contribution is 0.466. The second-order valence-electron chi connectivity index (χ2n) is 20.6. The molecular weight excluding hydrogens is 815 g/mol. The Morgan fingerprint density at radius 2 is 1.24 bits per heavy atom. The maximum Gasteiger partial charge on any atom is 0.149 e. The van der Waals surface area contributed by atoms with E-state index in [0.717, 1.165) is 77.9 Å². The van der Waals surface area contributed by atoms with Crippen LogP contribution in [0.1, 0.15) is 116 Å². The van der Waals surface area contributed by atoms with Crippen molar-refractivity contribution in [2.45, 2.75) is 98.8 Å².